The maximum atomic E-state index is 13.4. The van der Waals surface area contributed by atoms with Gasteiger partial charge in [-0.3, -0.25) is 0 Å². The summed E-state index contributed by atoms with van der Waals surface area (Å²) >= 11 is 0. The molecule has 1 aromatic heterocycles. The van der Waals surface area contributed by atoms with Crippen LogP contribution in [0.25, 0.3) is 22.5 Å². The zero-order chi connectivity index (χ0) is 20.4. The van der Waals surface area contributed by atoms with Crippen molar-refractivity contribution < 1.29 is 13.2 Å². The predicted octanol–water partition coefficient (Wildman–Crippen LogP) is 4.77. The molecule has 0 saturated heterocycles. The lowest BCUT2D eigenvalue weighted by Gasteiger charge is -2.09. The van der Waals surface area contributed by atoms with Crippen molar-refractivity contribution in [2.75, 3.05) is 7.11 Å². The van der Waals surface area contributed by atoms with Crippen LogP contribution in [0.3, 0.4) is 0 Å². The van der Waals surface area contributed by atoms with Crippen LogP contribution in [0.4, 0.5) is 0 Å². The molecule has 0 saturated carbocycles. The molecule has 4 aromatic rings. The van der Waals surface area contributed by atoms with Gasteiger partial charge in [0, 0.05) is 11.1 Å². The van der Waals surface area contributed by atoms with Crippen LogP contribution in [0.5, 0.6) is 5.75 Å². The fourth-order valence-electron chi connectivity index (χ4n) is 3.06. The van der Waals surface area contributed by atoms with Gasteiger partial charge >= 0.3 is 0 Å². The molecular weight excluding hydrogens is 384 g/mol. The van der Waals surface area contributed by atoms with Crippen LogP contribution in [-0.4, -0.2) is 24.7 Å². The lowest BCUT2D eigenvalue weighted by molar-refractivity contribution is 0.415. The number of aryl methyl sites for hydroxylation is 1. The van der Waals surface area contributed by atoms with Crippen LogP contribution in [0.1, 0.15) is 5.56 Å². The summed E-state index contributed by atoms with van der Waals surface area (Å²) in [7, 11) is -2.25. The predicted molar refractivity (Wildman–Crippen MR) is 113 cm³/mol. The molecular formula is C23H20N2O3S. The highest BCUT2D eigenvalue weighted by Crippen LogP contribution is 2.30. The van der Waals surface area contributed by atoms with Crippen LogP contribution >= 0.6 is 0 Å². The van der Waals surface area contributed by atoms with Gasteiger partial charge in [0.05, 0.1) is 23.4 Å². The minimum absolute atomic E-state index is 0.199. The lowest BCUT2D eigenvalue weighted by atomic mass is 10.1. The van der Waals surface area contributed by atoms with E-state index in [1.807, 2.05) is 61.5 Å². The summed E-state index contributed by atoms with van der Waals surface area (Å²) in [6, 6.07) is 25.3. The first-order valence-electron chi connectivity index (χ1n) is 9.11. The van der Waals surface area contributed by atoms with Gasteiger partial charge < -0.3 is 4.74 Å². The Morgan fingerprint density at radius 3 is 2.10 bits per heavy atom. The minimum atomic E-state index is -3.85. The second-order valence-electron chi connectivity index (χ2n) is 6.67. The molecule has 0 aliphatic carbocycles. The van der Waals surface area contributed by atoms with Crippen LogP contribution in [-0.2, 0) is 10.0 Å². The normalized spacial score (nSPS) is 11.4. The quantitative estimate of drug-likeness (QED) is 0.481. The highest BCUT2D eigenvalue weighted by Gasteiger charge is 2.24. The Morgan fingerprint density at radius 1 is 0.828 bits per heavy atom. The van der Waals surface area contributed by atoms with Crippen molar-refractivity contribution in [2.24, 2.45) is 0 Å². The molecule has 0 amide bonds. The first kappa shape index (κ1) is 19.0. The SMILES string of the molecule is COc1ccc(-c2cc(-c3ccccc3)n(S(=O)(=O)c3ccc(C)cc3)n2)cc1. The average Bonchev–Trinajstić information content (AvgIpc) is 3.21. The third-order valence-electron chi connectivity index (χ3n) is 4.68. The number of ether oxygens (including phenoxy) is 1. The number of methoxy groups -OCH3 is 1. The number of aromatic nitrogens is 2. The van der Waals surface area contributed by atoms with Gasteiger partial charge in [-0.2, -0.15) is 17.6 Å². The molecule has 146 valence electrons. The van der Waals surface area contributed by atoms with Gasteiger partial charge in [-0.1, -0.05) is 48.0 Å². The fourth-order valence-corrected chi connectivity index (χ4v) is 4.36. The summed E-state index contributed by atoms with van der Waals surface area (Å²) in [4.78, 5) is 0.199. The van der Waals surface area contributed by atoms with E-state index in [2.05, 4.69) is 5.10 Å². The second kappa shape index (κ2) is 7.56. The highest BCUT2D eigenvalue weighted by atomic mass is 32.2. The third kappa shape index (κ3) is 3.67. The standard InChI is InChI=1S/C23H20N2O3S/c1-17-8-14-21(15-9-17)29(26,27)25-23(19-6-4-3-5-7-19)16-22(24-25)18-10-12-20(28-2)13-11-18/h3-16H,1-2H3. The van der Waals surface area contributed by atoms with Gasteiger partial charge in [-0.15, -0.1) is 0 Å². The number of benzene rings is 3. The molecule has 0 radical (unpaired) electrons. The zero-order valence-corrected chi connectivity index (χ0v) is 16.9. The van der Waals surface area contributed by atoms with Gasteiger partial charge in [-0.05, 0) is 49.4 Å². The lowest BCUT2D eigenvalue weighted by Crippen LogP contribution is -2.16. The summed E-state index contributed by atoms with van der Waals surface area (Å²) in [6.45, 7) is 1.92. The maximum absolute atomic E-state index is 13.4. The van der Waals surface area contributed by atoms with Crippen LogP contribution in [0.2, 0.25) is 0 Å². The van der Waals surface area contributed by atoms with Crippen molar-refractivity contribution >= 4 is 10.0 Å². The van der Waals surface area contributed by atoms with E-state index in [1.165, 1.54) is 0 Å². The molecule has 0 aliphatic rings. The first-order valence-corrected chi connectivity index (χ1v) is 10.6. The summed E-state index contributed by atoms with van der Waals surface area (Å²) < 4.78 is 33.1. The first-order chi connectivity index (χ1) is 14.0. The van der Waals surface area contributed by atoms with Gasteiger partial charge in [0.15, 0.2) is 0 Å². The molecule has 29 heavy (non-hydrogen) atoms. The fraction of sp³-hybridized carbons (Fsp3) is 0.0870. The number of rotatable bonds is 5. The molecule has 0 bridgehead atoms. The Hall–Kier alpha value is -3.38. The molecule has 0 fully saturated rings. The summed E-state index contributed by atoms with van der Waals surface area (Å²) in [5, 5.41) is 4.47. The molecule has 0 unspecified atom stereocenters. The largest absolute Gasteiger partial charge is 0.497 e. The Kier molecular flexibility index (Phi) is 4.94. The topological polar surface area (TPSA) is 61.2 Å². The van der Waals surface area contributed by atoms with Gasteiger partial charge in [0.2, 0.25) is 0 Å². The summed E-state index contributed by atoms with van der Waals surface area (Å²) in [6.07, 6.45) is 0. The maximum Gasteiger partial charge on any atom is 0.283 e. The monoisotopic (exact) mass is 404 g/mol. The zero-order valence-electron chi connectivity index (χ0n) is 16.1. The Morgan fingerprint density at radius 2 is 1.48 bits per heavy atom. The van der Waals surface area contributed by atoms with Crippen LogP contribution in [0, 0.1) is 6.92 Å². The van der Waals surface area contributed by atoms with Crippen molar-refractivity contribution in [2.45, 2.75) is 11.8 Å². The molecule has 3 aromatic carbocycles. The van der Waals surface area contributed by atoms with Gasteiger partial charge in [-0.25, -0.2) is 0 Å². The molecule has 0 atom stereocenters. The van der Waals surface area contributed by atoms with E-state index in [-0.39, 0.29) is 4.90 Å². The van der Waals surface area contributed by atoms with Crippen LogP contribution in [0.15, 0.2) is 89.8 Å². The highest BCUT2D eigenvalue weighted by molar-refractivity contribution is 7.90. The number of hydrogen-bond donors (Lipinski definition) is 0. The third-order valence-corrected chi connectivity index (χ3v) is 6.28. The van der Waals surface area contributed by atoms with Crippen molar-refractivity contribution in [3.63, 3.8) is 0 Å². The van der Waals surface area contributed by atoms with Crippen molar-refractivity contribution in [3.8, 4) is 28.3 Å². The van der Waals surface area contributed by atoms with Crippen molar-refractivity contribution in [3.05, 3.63) is 90.5 Å². The Balaban J connectivity index is 1.89. The molecule has 5 nitrogen and oxygen atoms in total. The molecule has 0 spiro atoms. The van der Waals surface area contributed by atoms with Gasteiger partial charge in [0.1, 0.15) is 5.75 Å². The smallest absolute Gasteiger partial charge is 0.283 e. The summed E-state index contributed by atoms with van der Waals surface area (Å²) in [5.74, 6) is 0.726. The second-order valence-corrected chi connectivity index (χ2v) is 8.44. The summed E-state index contributed by atoms with van der Waals surface area (Å²) in [5.41, 5.74) is 3.65. The molecule has 4 rings (SSSR count). The molecule has 0 N–H and O–H groups in total. The molecule has 1 heterocycles. The number of nitrogens with zero attached hydrogens (tertiary/aromatic N) is 2. The van der Waals surface area contributed by atoms with Crippen molar-refractivity contribution in [1.29, 1.82) is 0 Å². The Bertz CT molecular complexity index is 1230. The van der Waals surface area contributed by atoms with E-state index in [9.17, 15) is 8.42 Å². The van der Waals surface area contributed by atoms with Crippen LogP contribution < -0.4 is 4.74 Å². The van der Waals surface area contributed by atoms with E-state index in [1.54, 1.807) is 37.4 Å². The van der Waals surface area contributed by atoms with E-state index in [4.69, 9.17) is 4.74 Å². The van der Waals surface area contributed by atoms with Gasteiger partial charge in [0.25, 0.3) is 10.0 Å². The Labute approximate surface area is 170 Å². The minimum Gasteiger partial charge on any atom is -0.497 e. The van der Waals surface area contributed by atoms with E-state index in [0.29, 0.717) is 11.4 Å². The van der Waals surface area contributed by atoms with Crippen molar-refractivity contribution in [1.82, 2.24) is 9.19 Å². The van der Waals surface area contributed by atoms with E-state index >= 15 is 0 Å². The van der Waals surface area contributed by atoms with E-state index in [0.717, 1.165) is 26.5 Å². The molecule has 6 heteroatoms. The van der Waals surface area contributed by atoms with E-state index < -0.39 is 10.0 Å². The average molecular weight is 404 g/mol. The molecule has 0 aliphatic heterocycles. The number of hydrogen-bond acceptors (Lipinski definition) is 4.